The van der Waals surface area contributed by atoms with Crippen molar-refractivity contribution >= 4 is 21.8 Å². The molecule has 1 aliphatic heterocycles. The van der Waals surface area contributed by atoms with E-state index in [1.807, 2.05) is 23.1 Å². The van der Waals surface area contributed by atoms with Crippen LogP contribution in [0.2, 0.25) is 0 Å². The van der Waals surface area contributed by atoms with Crippen molar-refractivity contribution in [3.05, 3.63) is 28.2 Å². The fraction of sp³-hybridized carbons (Fsp3) is 0.417. The molecule has 0 saturated carbocycles. The van der Waals surface area contributed by atoms with Crippen molar-refractivity contribution in [1.29, 1.82) is 0 Å². The molecule has 1 aromatic rings. The highest BCUT2D eigenvalue weighted by Crippen LogP contribution is 2.26. The van der Waals surface area contributed by atoms with Gasteiger partial charge < -0.3 is 9.64 Å². The van der Waals surface area contributed by atoms with Crippen LogP contribution in [0.25, 0.3) is 0 Å². The predicted molar refractivity (Wildman–Crippen MR) is 65.3 cm³/mol. The van der Waals surface area contributed by atoms with Crippen molar-refractivity contribution in [1.82, 2.24) is 4.90 Å². The maximum Gasteiger partial charge on any atom is 0.222 e. The number of likely N-dealkylation sites (tertiary alicyclic amines) is 1. The van der Waals surface area contributed by atoms with Crippen molar-refractivity contribution in [2.75, 3.05) is 13.7 Å². The highest BCUT2D eigenvalue weighted by molar-refractivity contribution is 9.10. The Balaban J connectivity index is 2.17. The second-order valence-electron chi connectivity index (χ2n) is 3.88. The molecule has 1 aromatic carbocycles. The third-order valence-corrected chi connectivity index (χ3v) is 3.27. The third-order valence-electron chi connectivity index (χ3n) is 2.78. The molecular weight excluding hydrogens is 270 g/mol. The van der Waals surface area contributed by atoms with E-state index in [4.69, 9.17) is 4.74 Å². The van der Waals surface area contributed by atoms with Gasteiger partial charge in [-0.25, -0.2) is 0 Å². The van der Waals surface area contributed by atoms with Crippen LogP contribution < -0.4 is 4.74 Å². The van der Waals surface area contributed by atoms with Crippen LogP contribution in [0, 0.1) is 0 Å². The number of carbonyl (C=O) groups is 1. The molecule has 0 unspecified atom stereocenters. The molecule has 86 valence electrons. The minimum atomic E-state index is 0.241. The zero-order chi connectivity index (χ0) is 11.5. The van der Waals surface area contributed by atoms with Gasteiger partial charge in [0, 0.05) is 29.5 Å². The summed E-state index contributed by atoms with van der Waals surface area (Å²) < 4.78 is 6.29. The molecule has 0 bridgehead atoms. The Hall–Kier alpha value is -1.03. The van der Waals surface area contributed by atoms with Crippen LogP contribution >= 0.6 is 15.9 Å². The first kappa shape index (κ1) is 11.5. The quantitative estimate of drug-likeness (QED) is 0.853. The van der Waals surface area contributed by atoms with Crippen LogP contribution in [0.4, 0.5) is 0 Å². The van der Waals surface area contributed by atoms with E-state index >= 15 is 0 Å². The van der Waals surface area contributed by atoms with Gasteiger partial charge in [-0.15, -0.1) is 0 Å². The molecule has 0 radical (unpaired) electrons. The van der Waals surface area contributed by atoms with Gasteiger partial charge in [-0.05, 0) is 18.6 Å². The van der Waals surface area contributed by atoms with Gasteiger partial charge in [0.25, 0.3) is 0 Å². The van der Waals surface area contributed by atoms with Gasteiger partial charge in [0.1, 0.15) is 5.75 Å². The summed E-state index contributed by atoms with van der Waals surface area (Å²) >= 11 is 3.40. The number of amides is 1. The topological polar surface area (TPSA) is 29.5 Å². The monoisotopic (exact) mass is 283 g/mol. The van der Waals surface area contributed by atoms with Crippen LogP contribution in [-0.2, 0) is 11.3 Å². The van der Waals surface area contributed by atoms with E-state index in [-0.39, 0.29) is 5.91 Å². The molecule has 0 aliphatic carbocycles. The van der Waals surface area contributed by atoms with Crippen LogP contribution in [0.1, 0.15) is 18.4 Å². The van der Waals surface area contributed by atoms with Gasteiger partial charge in [0.2, 0.25) is 5.91 Å². The Morgan fingerprint density at radius 3 is 2.94 bits per heavy atom. The zero-order valence-electron chi connectivity index (χ0n) is 9.20. The van der Waals surface area contributed by atoms with Crippen LogP contribution in [-0.4, -0.2) is 24.5 Å². The number of hydrogen-bond acceptors (Lipinski definition) is 2. The van der Waals surface area contributed by atoms with Crippen molar-refractivity contribution in [2.45, 2.75) is 19.4 Å². The number of rotatable bonds is 3. The predicted octanol–water partition coefficient (Wildman–Crippen LogP) is 2.58. The van der Waals surface area contributed by atoms with E-state index in [2.05, 4.69) is 15.9 Å². The highest BCUT2D eigenvalue weighted by atomic mass is 79.9. The van der Waals surface area contributed by atoms with Crippen molar-refractivity contribution < 1.29 is 9.53 Å². The summed E-state index contributed by atoms with van der Waals surface area (Å²) in [6, 6.07) is 5.89. The first-order valence-corrected chi connectivity index (χ1v) is 6.10. The maximum absolute atomic E-state index is 11.5. The molecule has 1 aliphatic rings. The highest BCUT2D eigenvalue weighted by Gasteiger charge is 2.21. The Morgan fingerprint density at radius 1 is 1.50 bits per heavy atom. The van der Waals surface area contributed by atoms with E-state index in [1.165, 1.54) is 0 Å². The molecule has 4 heteroatoms. The lowest BCUT2D eigenvalue weighted by Crippen LogP contribution is -2.24. The number of hydrogen-bond donors (Lipinski definition) is 0. The largest absolute Gasteiger partial charge is 0.496 e. The van der Waals surface area contributed by atoms with Gasteiger partial charge in [0.05, 0.1) is 7.11 Å². The fourth-order valence-corrected chi connectivity index (χ4v) is 2.27. The number of ether oxygens (including phenoxy) is 1. The molecule has 1 heterocycles. The molecule has 1 fully saturated rings. The fourth-order valence-electron chi connectivity index (χ4n) is 1.93. The summed E-state index contributed by atoms with van der Waals surface area (Å²) in [6.45, 7) is 1.51. The second-order valence-corrected chi connectivity index (χ2v) is 4.79. The molecule has 0 spiro atoms. The normalized spacial score (nSPS) is 15.6. The number of nitrogens with zero attached hydrogens (tertiary/aromatic N) is 1. The van der Waals surface area contributed by atoms with Crippen LogP contribution in [0.5, 0.6) is 5.75 Å². The molecule has 1 saturated heterocycles. The second kappa shape index (κ2) is 4.87. The van der Waals surface area contributed by atoms with Gasteiger partial charge in [-0.3, -0.25) is 4.79 Å². The van der Waals surface area contributed by atoms with Crippen molar-refractivity contribution in [2.24, 2.45) is 0 Å². The molecule has 16 heavy (non-hydrogen) atoms. The lowest BCUT2D eigenvalue weighted by molar-refractivity contribution is -0.128. The Labute approximate surface area is 104 Å². The van der Waals surface area contributed by atoms with Crippen molar-refractivity contribution in [3.63, 3.8) is 0 Å². The Kier molecular flexibility index (Phi) is 3.49. The van der Waals surface area contributed by atoms with E-state index in [0.717, 1.165) is 28.8 Å². The summed E-state index contributed by atoms with van der Waals surface area (Å²) in [7, 11) is 1.65. The van der Waals surface area contributed by atoms with E-state index in [1.54, 1.807) is 7.11 Å². The summed E-state index contributed by atoms with van der Waals surface area (Å²) in [4.78, 5) is 13.4. The average molecular weight is 284 g/mol. The summed E-state index contributed by atoms with van der Waals surface area (Å²) in [5.41, 5.74) is 1.06. The molecule has 0 aromatic heterocycles. The van der Waals surface area contributed by atoms with E-state index in [0.29, 0.717) is 13.0 Å². The lowest BCUT2D eigenvalue weighted by atomic mass is 10.2. The molecule has 0 atom stereocenters. The molecule has 3 nitrogen and oxygen atoms in total. The molecule has 2 rings (SSSR count). The van der Waals surface area contributed by atoms with Gasteiger partial charge in [0.15, 0.2) is 0 Å². The Bertz CT molecular complexity index is 406. The zero-order valence-corrected chi connectivity index (χ0v) is 10.8. The number of halogens is 1. The SMILES string of the molecule is COc1cc(Br)ccc1CN1CCCC1=O. The minimum Gasteiger partial charge on any atom is -0.496 e. The number of benzene rings is 1. The summed E-state index contributed by atoms with van der Waals surface area (Å²) in [5.74, 6) is 1.07. The molecular formula is C12H14BrNO2. The lowest BCUT2D eigenvalue weighted by Gasteiger charge is -2.17. The van der Waals surface area contributed by atoms with E-state index in [9.17, 15) is 4.79 Å². The minimum absolute atomic E-state index is 0.241. The number of carbonyl (C=O) groups excluding carboxylic acids is 1. The van der Waals surface area contributed by atoms with Gasteiger partial charge in [-0.2, -0.15) is 0 Å². The van der Waals surface area contributed by atoms with Gasteiger partial charge >= 0.3 is 0 Å². The van der Waals surface area contributed by atoms with E-state index < -0.39 is 0 Å². The summed E-state index contributed by atoms with van der Waals surface area (Å²) in [5, 5.41) is 0. The summed E-state index contributed by atoms with van der Waals surface area (Å²) in [6.07, 6.45) is 1.65. The third kappa shape index (κ3) is 2.38. The molecule has 1 amide bonds. The van der Waals surface area contributed by atoms with Crippen LogP contribution in [0.3, 0.4) is 0 Å². The van der Waals surface area contributed by atoms with Crippen molar-refractivity contribution in [3.8, 4) is 5.75 Å². The maximum atomic E-state index is 11.5. The number of methoxy groups -OCH3 is 1. The smallest absolute Gasteiger partial charge is 0.222 e. The first-order chi connectivity index (χ1) is 7.70. The van der Waals surface area contributed by atoms with Gasteiger partial charge in [-0.1, -0.05) is 22.0 Å². The first-order valence-electron chi connectivity index (χ1n) is 5.31. The Morgan fingerprint density at radius 2 is 2.31 bits per heavy atom. The van der Waals surface area contributed by atoms with Crippen LogP contribution in [0.15, 0.2) is 22.7 Å². The average Bonchev–Trinajstić information content (AvgIpc) is 2.67. The standard InChI is InChI=1S/C12H14BrNO2/c1-16-11-7-10(13)5-4-9(11)8-14-6-2-3-12(14)15/h4-5,7H,2-3,6,8H2,1H3. The molecule has 0 N–H and O–H groups in total.